The Kier molecular flexibility index (Phi) is 2.96. The number of likely N-dealkylation sites (N-methyl/N-ethyl adjacent to an activating group) is 1. The van der Waals surface area contributed by atoms with E-state index in [0.717, 1.165) is 6.42 Å². The maximum atomic E-state index is 12.5. The van der Waals surface area contributed by atoms with Crippen LogP contribution in [0.1, 0.15) is 27.2 Å². The van der Waals surface area contributed by atoms with Crippen LogP contribution in [0.15, 0.2) is 0 Å². The minimum Gasteiger partial charge on any atom is -0.377 e. The van der Waals surface area contributed by atoms with Gasteiger partial charge in [0.25, 0.3) is 5.91 Å². The van der Waals surface area contributed by atoms with Crippen molar-refractivity contribution in [3.63, 3.8) is 0 Å². The molecule has 0 aromatic carbocycles. The minimum absolute atomic E-state index is 0.104. The second-order valence-corrected chi connectivity index (χ2v) is 5.46. The van der Waals surface area contributed by atoms with Gasteiger partial charge in [-0.15, -0.1) is 0 Å². The Morgan fingerprint density at radius 2 is 2.24 bits per heavy atom. The molecule has 0 aromatic rings. The quantitative estimate of drug-likeness (QED) is 0.734. The monoisotopic (exact) mass is 242 g/mol. The van der Waals surface area contributed by atoms with Crippen molar-refractivity contribution < 1.29 is 14.4 Å². The van der Waals surface area contributed by atoms with Crippen LogP contribution >= 0.6 is 0 Å². The van der Waals surface area contributed by atoms with Crippen molar-refractivity contribution in [1.29, 1.82) is 0 Å². The largest absolute Gasteiger partial charge is 0.377 e. The molecule has 5 heteroatoms. The van der Waals surface area contributed by atoms with Gasteiger partial charge in [-0.3, -0.25) is 9.63 Å². The average Bonchev–Trinajstić information content (AvgIpc) is 2.77. The van der Waals surface area contributed by atoms with Gasteiger partial charge in [0.1, 0.15) is 5.54 Å². The molecule has 17 heavy (non-hydrogen) atoms. The minimum atomic E-state index is -0.861. The maximum absolute atomic E-state index is 12.5. The maximum Gasteiger partial charge on any atom is 0.267 e. The topological polar surface area (TPSA) is 64.8 Å². The Morgan fingerprint density at radius 1 is 1.59 bits per heavy atom. The molecule has 1 amide bonds. The van der Waals surface area contributed by atoms with Crippen molar-refractivity contribution in [2.75, 3.05) is 20.3 Å². The standard InChI is InChI=1S/C12H22N2O3/c1-5-14(16-4)10(15)12(13)8-6-7-17-9(8)11(12,2)3/h8-9H,5-7,13H2,1-4H3. The van der Waals surface area contributed by atoms with E-state index in [1.165, 1.54) is 12.2 Å². The summed E-state index contributed by atoms with van der Waals surface area (Å²) < 4.78 is 5.67. The highest BCUT2D eigenvalue weighted by Crippen LogP contribution is 2.58. The van der Waals surface area contributed by atoms with Gasteiger partial charge in [-0.1, -0.05) is 13.8 Å². The molecule has 0 radical (unpaired) electrons. The van der Waals surface area contributed by atoms with Gasteiger partial charge in [0.05, 0.1) is 13.2 Å². The number of amides is 1. The number of carbonyl (C=O) groups is 1. The van der Waals surface area contributed by atoms with Crippen LogP contribution in [0.5, 0.6) is 0 Å². The van der Waals surface area contributed by atoms with Gasteiger partial charge in [-0.25, -0.2) is 5.06 Å². The third-order valence-electron chi connectivity index (χ3n) is 4.54. The first kappa shape index (κ1) is 12.8. The molecule has 2 fully saturated rings. The number of ether oxygens (including phenoxy) is 1. The molecule has 5 nitrogen and oxygen atoms in total. The molecule has 3 unspecified atom stereocenters. The summed E-state index contributed by atoms with van der Waals surface area (Å²) in [5, 5.41) is 1.34. The van der Waals surface area contributed by atoms with E-state index >= 15 is 0 Å². The number of rotatable bonds is 3. The Bertz CT molecular complexity index is 328. The van der Waals surface area contributed by atoms with Crippen LogP contribution in [-0.4, -0.2) is 42.9 Å². The highest BCUT2D eigenvalue weighted by atomic mass is 16.7. The first-order valence-electron chi connectivity index (χ1n) is 6.17. The molecule has 1 heterocycles. The Balaban J connectivity index is 2.26. The fourth-order valence-electron chi connectivity index (χ4n) is 3.38. The first-order chi connectivity index (χ1) is 7.91. The smallest absolute Gasteiger partial charge is 0.267 e. The van der Waals surface area contributed by atoms with Crippen molar-refractivity contribution in [3.8, 4) is 0 Å². The normalized spacial score (nSPS) is 38.4. The molecule has 0 aromatic heterocycles. The Hall–Kier alpha value is -0.650. The van der Waals surface area contributed by atoms with E-state index < -0.39 is 5.54 Å². The lowest BCUT2D eigenvalue weighted by Gasteiger charge is -2.61. The highest BCUT2D eigenvalue weighted by Gasteiger charge is 2.72. The van der Waals surface area contributed by atoms with Gasteiger partial charge < -0.3 is 10.5 Å². The fraction of sp³-hybridized carbons (Fsp3) is 0.917. The van der Waals surface area contributed by atoms with Gasteiger partial charge >= 0.3 is 0 Å². The lowest BCUT2D eigenvalue weighted by atomic mass is 9.48. The molecule has 2 N–H and O–H groups in total. The third kappa shape index (κ3) is 1.39. The van der Waals surface area contributed by atoms with E-state index in [4.69, 9.17) is 15.3 Å². The number of carbonyl (C=O) groups excluding carboxylic acids is 1. The molecule has 98 valence electrons. The number of fused-ring (bicyclic) bond motifs is 1. The Labute approximate surface area is 102 Å². The molecule has 1 saturated carbocycles. The van der Waals surface area contributed by atoms with Gasteiger partial charge in [-0.2, -0.15) is 0 Å². The zero-order chi connectivity index (χ0) is 12.8. The first-order valence-corrected chi connectivity index (χ1v) is 6.17. The van der Waals surface area contributed by atoms with E-state index in [0.29, 0.717) is 13.2 Å². The van der Waals surface area contributed by atoms with Gasteiger partial charge in [-0.05, 0) is 13.3 Å². The summed E-state index contributed by atoms with van der Waals surface area (Å²) in [5.74, 6) is -0.00606. The van der Waals surface area contributed by atoms with Gasteiger partial charge in [0.2, 0.25) is 0 Å². The van der Waals surface area contributed by atoms with Crippen LogP contribution in [0, 0.1) is 11.3 Å². The van der Waals surface area contributed by atoms with Crippen LogP contribution in [0.2, 0.25) is 0 Å². The third-order valence-corrected chi connectivity index (χ3v) is 4.54. The average molecular weight is 242 g/mol. The predicted molar refractivity (Wildman–Crippen MR) is 62.9 cm³/mol. The molecular formula is C12H22N2O3. The number of hydroxylamine groups is 2. The number of hydrogen-bond donors (Lipinski definition) is 1. The second kappa shape index (κ2) is 3.93. The molecule has 0 spiro atoms. The van der Waals surface area contributed by atoms with E-state index in [1.807, 2.05) is 20.8 Å². The van der Waals surface area contributed by atoms with Crippen LogP contribution < -0.4 is 5.73 Å². The number of nitrogens with two attached hydrogens (primary N) is 1. The second-order valence-electron chi connectivity index (χ2n) is 5.46. The van der Waals surface area contributed by atoms with Gasteiger partial charge in [0.15, 0.2) is 0 Å². The van der Waals surface area contributed by atoms with Crippen molar-refractivity contribution >= 4 is 5.91 Å². The Morgan fingerprint density at radius 3 is 2.76 bits per heavy atom. The van der Waals surface area contributed by atoms with Crippen LogP contribution in [-0.2, 0) is 14.4 Å². The van der Waals surface area contributed by atoms with Crippen molar-refractivity contribution in [2.45, 2.75) is 38.8 Å². The molecule has 2 rings (SSSR count). The zero-order valence-corrected chi connectivity index (χ0v) is 11.0. The molecule has 2 aliphatic rings. The van der Waals surface area contributed by atoms with E-state index in [-0.39, 0.29) is 23.3 Å². The lowest BCUT2D eigenvalue weighted by Crippen LogP contribution is -2.80. The van der Waals surface area contributed by atoms with Crippen molar-refractivity contribution in [3.05, 3.63) is 0 Å². The van der Waals surface area contributed by atoms with E-state index in [2.05, 4.69) is 0 Å². The van der Waals surface area contributed by atoms with Crippen LogP contribution in [0.3, 0.4) is 0 Å². The number of hydrogen-bond acceptors (Lipinski definition) is 4. The summed E-state index contributed by atoms with van der Waals surface area (Å²) in [6, 6.07) is 0. The lowest BCUT2D eigenvalue weighted by molar-refractivity contribution is -0.215. The molecule has 0 bridgehead atoms. The summed E-state index contributed by atoms with van der Waals surface area (Å²) in [6.45, 7) is 7.08. The summed E-state index contributed by atoms with van der Waals surface area (Å²) in [6.07, 6.45) is 0.962. The summed E-state index contributed by atoms with van der Waals surface area (Å²) in [4.78, 5) is 17.6. The molecule has 1 aliphatic carbocycles. The molecule has 3 atom stereocenters. The van der Waals surface area contributed by atoms with E-state index in [1.54, 1.807) is 0 Å². The van der Waals surface area contributed by atoms with Crippen molar-refractivity contribution in [2.24, 2.45) is 17.1 Å². The zero-order valence-electron chi connectivity index (χ0n) is 11.0. The van der Waals surface area contributed by atoms with Crippen LogP contribution in [0.4, 0.5) is 0 Å². The molecule has 1 saturated heterocycles. The SMILES string of the molecule is CCN(OC)C(=O)C1(N)C2CCOC2C1(C)C. The number of nitrogens with zero attached hydrogens (tertiary/aromatic N) is 1. The summed E-state index contributed by atoms with van der Waals surface area (Å²) in [7, 11) is 1.50. The summed E-state index contributed by atoms with van der Waals surface area (Å²) >= 11 is 0. The van der Waals surface area contributed by atoms with Crippen molar-refractivity contribution in [1.82, 2.24) is 5.06 Å². The molecular weight excluding hydrogens is 220 g/mol. The van der Waals surface area contributed by atoms with E-state index in [9.17, 15) is 4.79 Å². The fourth-order valence-corrected chi connectivity index (χ4v) is 3.38. The molecule has 1 aliphatic heterocycles. The highest BCUT2D eigenvalue weighted by molar-refractivity contribution is 5.88. The summed E-state index contributed by atoms with van der Waals surface area (Å²) in [5.41, 5.74) is 5.21. The predicted octanol–water partition coefficient (Wildman–Crippen LogP) is 0.539. The van der Waals surface area contributed by atoms with Gasteiger partial charge in [0, 0.05) is 24.5 Å². The van der Waals surface area contributed by atoms with Crippen LogP contribution in [0.25, 0.3) is 0 Å².